The van der Waals surface area contributed by atoms with Gasteiger partial charge in [-0.05, 0) is 32.1 Å². The molecule has 0 aromatic carbocycles. The molecule has 3 N–H and O–H groups in total. The number of unbranched alkanes of at least 4 members (excludes halogenated alkanes) is 45. The molecule has 0 heterocycles. The minimum absolute atomic E-state index is 0.0662. The molecule has 0 bridgehead atoms. The average Bonchev–Trinajstić information content (AvgIpc) is 3.29. The fraction of sp³-hybridized carbons (Fsp3) is 0.915. The van der Waals surface area contributed by atoms with Crippen LogP contribution in [0.25, 0.3) is 0 Å². The zero-order valence-corrected chi connectivity index (χ0v) is 43.1. The summed E-state index contributed by atoms with van der Waals surface area (Å²) in [6.45, 7) is 4.34. The van der Waals surface area contributed by atoms with Crippen molar-refractivity contribution in [1.29, 1.82) is 0 Å². The smallest absolute Gasteiger partial charge is 0.220 e. The van der Waals surface area contributed by atoms with Crippen molar-refractivity contribution in [3.63, 3.8) is 0 Å². The minimum atomic E-state index is -0.860. The number of hydrogen-bond acceptors (Lipinski definition) is 3. The van der Waals surface area contributed by atoms with Crippen molar-refractivity contribution in [1.82, 2.24) is 5.32 Å². The molecule has 0 radical (unpaired) electrons. The van der Waals surface area contributed by atoms with E-state index in [9.17, 15) is 15.0 Å². The number of carbonyl (C=O) groups is 1. The molecule has 0 rings (SSSR count). The highest BCUT2D eigenvalue weighted by atomic mass is 16.3. The summed E-state index contributed by atoms with van der Waals surface area (Å²) in [7, 11) is 0. The Bertz CT molecular complexity index is 916. The van der Waals surface area contributed by atoms with Crippen LogP contribution in [-0.4, -0.2) is 34.9 Å². The van der Waals surface area contributed by atoms with Crippen molar-refractivity contribution in [3.8, 4) is 0 Å². The number of nitrogens with one attached hydrogen (secondary N) is 1. The van der Waals surface area contributed by atoms with E-state index in [-0.39, 0.29) is 12.5 Å². The second-order valence-electron chi connectivity index (χ2n) is 20.1. The maximum Gasteiger partial charge on any atom is 0.220 e. The molecule has 0 aromatic heterocycles. The summed E-state index contributed by atoms with van der Waals surface area (Å²) in [5.74, 6) is -0.0662. The Morgan fingerprint density at radius 1 is 0.365 bits per heavy atom. The first kappa shape index (κ1) is 61.9. The largest absolute Gasteiger partial charge is 0.394 e. The molecule has 1 amide bonds. The number of allylic oxidation sites excluding steroid dienone is 3. The van der Waals surface area contributed by atoms with E-state index in [1.54, 1.807) is 6.08 Å². The highest BCUT2D eigenvalue weighted by molar-refractivity contribution is 5.76. The Labute approximate surface area is 396 Å². The Morgan fingerprint density at radius 2 is 0.619 bits per heavy atom. The van der Waals surface area contributed by atoms with E-state index in [1.165, 1.54) is 276 Å². The molecule has 2 unspecified atom stereocenters. The number of amides is 1. The zero-order chi connectivity index (χ0) is 45.6. The van der Waals surface area contributed by atoms with Gasteiger partial charge in [-0.2, -0.15) is 0 Å². The van der Waals surface area contributed by atoms with Crippen LogP contribution in [0.4, 0.5) is 0 Å². The second kappa shape index (κ2) is 55.2. The summed E-state index contributed by atoms with van der Waals surface area (Å²) >= 11 is 0. The Hall–Kier alpha value is -1.13. The van der Waals surface area contributed by atoms with Gasteiger partial charge in [0.25, 0.3) is 0 Å². The van der Waals surface area contributed by atoms with Gasteiger partial charge in [0, 0.05) is 6.42 Å². The summed E-state index contributed by atoms with van der Waals surface area (Å²) in [5, 5.41) is 23.2. The van der Waals surface area contributed by atoms with Crippen LogP contribution in [0.5, 0.6) is 0 Å². The first-order chi connectivity index (χ1) is 31.2. The molecule has 4 nitrogen and oxygen atoms in total. The van der Waals surface area contributed by atoms with Crippen molar-refractivity contribution >= 4 is 5.91 Å². The second-order valence-corrected chi connectivity index (χ2v) is 20.1. The predicted octanol–water partition coefficient (Wildman–Crippen LogP) is 19.1. The van der Waals surface area contributed by atoms with Gasteiger partial charge in [0.2, 0.25) is 5.91 Å². The lowest BCUT2D eigenvalue weighted by Crippen LogP contribution is -2.45. The highest BCUT2D eigenvalue weighted by Crippen LogP contribution is 2.18. The van der Waals surface area contributed by atoms with Gasteiger partial charge in [0.05, 0.1) is 18.8 Å². The first-order valence-electron chi connectivity index (χ1n) is 29.1. The molecule has 0 spiro atoms. The van der Waals surface area contributed by atoms with Gasteiger partial charge < -0.3 is 15.5 Å². The van der Waals surface area contributed by atoms with E-state index in [2.05, 4.69) is 31.3 Å². The lowest BCUT2D eigenvalue weighted by atomic mass is 10.0. The Balaban J connectivity index is 3.47. The topological polar surface area (TPSA) is 69.6 Å². The van der Waals surface area contributed by atoms with Crippen molar-refractivity contribution < 1.29 is 15.0 Å². The molecule has 0 saturated carbocycles. The lowest BCUT2D eigenvalue weighted by Gasteiger charge is -2.19. The summed E-state index contributed by atoms with van der Waals surface area (Å²) in [6.07, 6.45) is 73.6. The monoisotopic (exact) mass is 886 g/mol. The summed E-state index contributed by atoms with van der Waals surface area (Å²) in [6, 6.07) is -0.636. The summed E-state index contributed by atoms with van der Waals surface area (Å²) in [5.41, 5.74) is 0. The van der Waals surface area contributed by atoms with Gasteiger partial charge in [0.15, 0.2) is 0 Å². The molecule has 0 aliphatic carbocycles. The van der Waals surface area contributed by atoms with Crippen LogP contribution in [-0.2, 0) is 4.79 Å². The van der Waals surface area contributed by atoms with E-state index < -0.39 is 12.1 Å². The molecule has 0 saturated heterocycles. The molecular weight excluding hydrogens is 771 g/mol. The van der Waals surface area contributed by atoms with Gasteiger partial charge in [-0.3, -0.25) is 4.79 Å². The van der Waals surface area contributed by atoms with Crippen molar-refractivity contribution in [3.05, 3.63) is 24.3 Å². The van der Waals surface area contributed by atoms with E-state index in [4.69, 9.17) is 0 Å². The summed E-state index contributed by atoms with van der Waals surface area (Å²) < 4.78 is 0. The number of hydrogen-bond donors (Lipinski definition) is 3. The van der Waals surface area contributed by atoms with Gasteiger partial charge in [-0.25, -0.2) is 0 Å². The third kappa shape index (κ3) is 51.7. The van der Waals surface area contributed by atoms with E-state index in [0.717, 1.165) is 32.1 Å². The van der Waals surface area contributed by atoms with E-state index in [1.807, 2.05) is 6.08 Å². The fourth-order valence-electron chi connectivity index (χ4n) is 9.26. The highest BCUT2D eigenvalue weighted by Gasteiger charge is 2.18. The van der Waals surface area contributed by atoms with Crippen LogP contribution in [0.15, 0.2) is 24.3 Å². The fourth-order valence-corrected chi connectivity index (χ4v) is 9.26. The SMILES string of the molecule is CCCCCCCCCCCCCCCCCC/C=C/CC/C=C/C(O)C(CO)NC(=O)CCCCCCCCCCCCCCCCCCCCCCCCCCCCCCC. The van der Waals surface area contributed by atoms with Crippen molar-refractivity contribution in [2.75, 3.05) is 6.61 Å². The molecular formula is C59H115NO3. The molecule has 0 aliphatic rings. The minimum Gasteiger partial charge on any atom is -0.394 e. The van der Waals surface area contributed by atoms with Gasteiger partial charge in [-0.1, -0.05) is 314 Å². The molecule has 0 fully saturated rings. The summed E-state index contributed by atoms with van der Waals surface area (Å²) in [4.78, 5) is 12.5. The average molecular weight is 887 g/mol. The van der Waals surface area contributed by atoms with Gasteiger partial charge >= 0.3 is 0 Å². The zero-order valence-electron chi connectivity index (χ0n) is 43.1. The Morgan fingerprint density at radius 3 is 0.921 bits per heavy atom. The molecule has 0 aliphatic heterocycles. The van der Waals surface area contributed by atoms with E-state index in [0.29, 0.717) is 6.42 Å². The van der Waals surface area contributed by atoms with Crippen LogP contribution in [0, 0.1) is 0 Å². The maximum atomic E-state index is 12.5. The van der Waals surface area contributed by atoms with Gasteiger partial charge in [0.1, 0.15) is 0 Å². The van der Waals surface area contributed by atoms with Crippen LogP contribution < -0.4 is 5.32 Å². The third-order valence-corrected chi connectivity index (χ3v) is 13.7. The van der Waals surface area contributed by atoms with Crippen molar-refractivity contribution in [2.24, 2.45) is 0 Å². The number of rotatable bonds is 54. The lowest BCUT2D eigenvalue weighted by molar-refractivity contribution is -0.123. The van der Waals surface area contributed by atoms with Crippen LogP contribution >= 0.6 is 0 Å². The number of aliphatic hydroxyl groups is 2. The number of carbonyl (C=O) groups excluding carboxylic acids is 1. The maximum absolute atomic E-state index is 12.5. The van der Waals surface area contributed by atoms with E-state index >= 15 is 0 Å². The molecule has 0 aromatic rings. The molecule has 63 heavy (non-hydrogen) atoms. The first-order valence-corrected chi connectivity index (χ1v) is 29.1. The molecule has 2 atom stereocenters. The molecule has 4 heteroatoms. The third-order valence-electron chi connectivity index (χ3n) is 13.7. The van der Waals surface area contributed by atoms with Crippen LogP contribution in [0.1, 0.15) is 328 Å². The number of aliphatic hydroxyl groups excluding tert-OH is 2. The van der Waals surface area contributed by atoms with Crippen LogP contribution in [0.2, 0.25) is 0 Å². The molecule has 374 valence electrons. The quantitative estimate of drug-likeness (QED) is 0.0421. The normalized spacial score (nSPS) is 12.9. The standard InChI is InChI=1S/C59H115NO3/c1-3-5-7-9-11-13-15-17-19-21-23-25-27-28-29-30-31-32-33-35-37-39-41-43-45-47-49-51-53-55-59(63)60-57(56-61)58(62)54-52-50-48-46-44-42-40-38-36-34-26-24-22-20-18-16-14-12-10-8-6-4-2/h44,46,52,54,57-58,61-62H,3-43,45,47-51,53,55-56H2,1-2H3,(H,60,63)/b46-44+,54-52+. The predicted molar refractivity (Wildman–Crippen MR) is 281 cm³/mol. The van der Waals surface area contributed by atoms with Crippen molar-refractivity contribution in [2.45, 2.75) is 341 Å². The Kier molecular flexibility index (Phi) is 54.2. The van der Waals surface area contributed by atoms with Crippen LogP contribution in [0.3, 0.4) is 0 Å². The van der Waals surface area contributed by atoms with Gasteiger partial charge in [-0.15, -0.1) is 0 Å².